The summed E-state index contributed by atoms with van der Waals surface area (Å²) in [7, 11) is 0. The molecule has 1 N–H and O–H groups in total. The van der Waals surface area contributed by atoms with Gasteiger partial charge in [0, 0.05) is 19.1 Å². The van der Waals surface area contributed by atoms with Crippen molar-refractivity contribution in [3.8, 4) is 0 Å². The van der Waals surface area contributed by atoms with Gasteiger partial charge in [-0.05, 0) is 30.5 Å². The summed E-state index contributed by atoms with van der Waals surface area (Å²) in [6.07, 6.45) is 4.64. The number of rotatable bonds is 3. The number of nitrogens with one attached hydrogen (secondary N) is 1. The van der Waals surface area contributed by atoms with E-state index in [-0.39, 0.29) is 29.9 Å². The Morgan fingerprint density at radius 3 is 2.69 bits per heavy atom. The molecule has 1 saturated heterocycles. The molecular formula is C18H18FN5O2. The van der Waals surface area contributed by atoms with E-state index in [1.165, 1.54) is 18.5 Å². The molecule has 134 valence electrons. The van der Waals surface area contributed by atoms with Crippen molar-refractivity contribution < 1.29 is 9.18 Å². The summed E-state index contributed by atoms with van der Waals surface area (Å²) in [6, 6.07) is 5.98. The predicted octanol–water partition coefficient (Wildman–Crippen LogP) is 1.66. The molecule has 0 spiro atoms. The average Bonchev–Trinajstić information content (AvgIpc) is 2.99. The fourth-order valence-electron chi connectivity index (χ4n) is 3.48. The smallest absolute Gasteiger partial charge is 0.327 e. The second-order valence-corrected chi connectivity index (χ2v) is 6.48. The van der Waals surface area contributed by atoms with Gasteiger partial charge in [-0.25, -0.2) is 19.2 Å². The molecule has 8 heteroatoms. The normalized spacial score (nSPS) is 15.5. The molecule has 26 heavy (non-hydrogen) atoms. The Kier molecular flexibility index (Phi) is 4.24. The van der Waals surface area contributed by atoms with Gasteiger partial charge >= 0.3 is 5.69 Å². The number of benzene rings is 1. The van der Waals surface area contributed by atoms with E-state index in [9.17, 15) is 14.0 Å². The minimum absolute atomic E-state index is 0.000946. The third kappa shape index (κ3) is 3.10. The monoisotopic (exact) mass is 355 g/mol. The predicted molar refractivity (Wildman–Crippen MR) is 93.1 cm³/mol. The van der Waals surface area contributed by atoms with Crippen LogP contribution in [0.4, 0.5) is 4.39 Å². The minimum atomic E-state index is -0.310. The molecule has 3 heterocycles. The van der Waals surface area contributed by atoms with Crippen molar-refractivity contribution in [2.75, 3.05) is 13.1 Å². The molecule has 0 bridgehead atoms. The lowest BCUT2D eigenvalue weighted by atomic mass is 10.0. The maximum Gasteiger partial charge on any atom is 0.327 e. The van der Waals surface area contributed by atoms with Crippen molar-refractivity contribution in [3.63, 3.8) is 0 Å². The Labute approximate surface area is 148 Å². The number of nitrogens with zero attached hydrogens (tertiary/aromatic N) is 4. The SMILES string of the molecule is O=C(Cc1ccc(F)cc1)N1CCC(n2c(=O)[nH]c3cncnc32)CC1. The van der Waals surface area contributed by atoms with E-state index in [0.29, 0.717) is 37.1 Å². The Balaban J connectivity index is 1.43. The molecule has 4 rings (SSSR count). The van der Waals surface area contributed by atoms with Crippen LogP contribution in [0.25, 0.3) is 11.2 Å². The van der Waals surface area contributed by atoms with E-state index in [0.717, 1.165) is 5.56 Å². The first-order valence-corrected chi connectivity index (χ1v) is 8.54. The van der Waals surface area contributed by atoms with Crippen molar-refractivity contribution >= 4 is 17.1 Å². The van der Waals surface area contributed by atoms with E-state index in [1.54, 1.807) is 27.8 Å². The first-order chi connectivity index (χ1) is 12.6. The number of amides is 1. The van der Waals surface area contributed by atoms with Gasteiger partial charge in [0.1, 0.15) is 17.7 Å². The fraction of sp³-hybridized carbons (Fsp3) is 0.333. The van der Waals surface area contributed by atoms with Crippen LogP contribution in [0.2, 0.25) is 0 Å². The number of carbonyl (C=O) groups excluding carboxylic acids is 1. The lowest BCUT2D eigenvalue weighted by molar-refractivity contribution is -0.131. The zero-order valence-corrected chi connectivity index (χ0v) is 14.1. The van der Waals surface area contributed by atoms with Crippen molar-refractivity contribution in [1.82, 2.24) is 24.4 Å². The highest BCUT2D eigenvalue weighted by Crippen LogP contribution is 2.24. The maximum atomic E-state index is 13.0. The molecule has 1 amide bonds. The number of hydrogen-bond acceptors (Lipinski definition) is 4. The van der Waals surface area contributed by atoms with Gasteiger partial charge in [-0.1, -0.05) is 12.1 Å². The number of hydrogen-bond donors (Lipinski definition) is 1. The van der Waals surface area contributed by atoms with Gasteiger partial charge in [-0.2, -0.15) is 0 Å². The number of fused-ring (bicyclic) bond motifs is 1. The summed E-state index contributed by atoms with van der Waals surface area (Å²) in [5.74, 6) is -0.293. The summed E-state index contributed by atoms with van der Waals surface area (Å²) < 4.78 is 14.6. The average molecular weight is 355 g/mol. The van der Waals surface area contributed by atoms with Crippen LogP contribution in [0, 0.1) is 5.82 Å². The van der Waals surface area contributed by atoms with Crippen LogP contribution in [-0.2, 0) is 11.2 Å². The zero-order chi connectivity index (χ0) is 18.1. The first-order valence-electron chi connectivity index (χ1n) is 8.54. The van der Waals surface area contributed by atoms with Crippen molar-refractivity contribution in [1.29, 1.82) is 0 Å². The van der Waals surface area contributed by atoms with Crippen LogP contribution < -0.4 is 5.69 Å². The number of H-pyrrole nitrogens is 1. The van der Waals surface area contributed by atoms with Crippen LogP contribution in [0.1, 0.15) is 24.4 Å². The molecule has 1 aliphatic rings. The number of halogens is 1. The molecule has 0 saturated carbocycles. The highest BCUT2D eigenvalue weighted by molar-refractivity contribution is 5.78. The molecule has 0 atom stereocenters. The van der Waals surface area contributed by atoms with Gasteiger partial charge in [0.05, 0.1) is 12.6 Å². The summed E-state index contributed by atoms with van der Waals surface area (Å²) in [6.45, 7) is 1.16. The molecule has 7 nitrogen and oxygen atoms in total. The topological polar surface area (TPSA) is 83.9 Å². The number of aromatic amines is 1. The van der Waals surface area contributed by atoms with Gasteiger partial charge in [0.2, 0.25) is 5.91 Å². The Hall–Kier alpha value is -3.03. The maximum absolute atomic E-state index is 13.0. The van der Waals surface area contributed by atoms with E-state index in [1.807, 2.05) is 0 Å². The zero-order valence-electron chi connectivity index (χ0n) is 14.1. The molecule has 0 aliphatic carbocycles. The Bertz CT molecular complexity index is 987. The fourth-order valence-corrected chi connectivity index (χ4v) is 3.48. The number of imidazole rings is 1. The quantitative estimate of drug-likeness (QED) is 0.775. The van der Waals surface area contributed by atoms with Crippen LogP contribution in [0.3, 0.4) is 0 Å². The van der Waals surface area contributed by atoms with Gasteiger partial charge in [0.25, 0.3) is 0 Å². The third-order valence-electron chi connectivity index (χ3n) is 4.83. The standard InChI is InChI=1S/C18H18FN5O2/c19-13-3-1-12(2-4-13)9-16(25)23-7-5-14(6-8-23)24-17-15(22-18(24)26)10-20-11-21-17/h1-4,10-11,14H,5-9H2,(H,22,26). The van der Waals surface area contributed by atoms with Gasteiger partial charge < -0.3 is 9.88 Å². The van der Waals surface area contributed by atoms with E-state index in [2.05, 4.69) is 15.0 Å². The molecule has 1 aliphatic heterocycles. The summed E-state index contributed by atoms with van der Waals surface area (Å²) >= 11 is 0. The number of carbonyl (C=O) groups is 1. The minimum Gasteiger partial charge on any atom is -0.342 e. The lowest BCUT2D eigenvalue weighted by Gasteiger charge is -2.32. The lowest BCUT2D eigenvalue weighted by Crippen LogP contribution is -2.41. The van der Waals surface area contributed by atoms with Crippen molar-refractivity contribution in [3.05, 3.63) is 58.7 Å². The third-order valence-corrected chi connectivity index (χ3v) is 4.83. The first kappa shape index (κ1) is 16.4. The van der Waals surface area contributed by atoms with Gasteiger partial charge in [0.15, 0.2) is 5.65 Å². The van der Waals surface area contributed by atoms with E-state index < -0.39 is 0 Å². The molecule has 1 aromatic carbocycles. The van der Waals surface area contributed by atoms with Crippen molar-refractivity contribution in [2.24, 2.45) is 0 Å². The molecule has 1 fully saturated rings. The van der Waals surface area contributed by atoms with E-state index in [4.69, 9.17) is 0 Å². The van der Waals surface area contributed by atoms with Crippen LogP contribution in [0.15, 0.2) is 41.6 Å². The molecular weight excluding hydrogens is 337 g/mol. The van der Waals surface area contributed by atoms with E-state index >= 15 is 0 Å². The van der Waals surface area contributed by atoms with Crippen LogP contribution >= 0.6 is 0 Å². The molecule has 3 aromatic rings. The highest BCUT2D eigenvalue weighted by Gasteiger charge is 2.26. The molecule has 0 radical (unpaired) electrons. The second-order valence-electron chi connectivity index (χ2n) is 6.48. The summed E-state index contributed by atoms with van der Waals surface area (Å²) in [4.78, 5) is 37.4. The largest absolute Gasteiger partial charge is 0.342 e. The Morgan fingerprint density at radius 1 is 1.23 bits per heavy atom. The van der Waals surface area contributed by atoms with Crippen molar-refractivity contribution in [2.45, 2.75) is 25.3 Å². The second kappa shape index (κ2) is 6.70. The summed E-state index contributed by atoms with van der Waals surface area (Å²) in [5, 5.41) is 0. The molecule has 2 aromatic heterocycles. The van der Waals surface area contributed by atoms with Crippen LogP contribution in [-0.4, -0.2) is 43.4 Å². The van der Waals surface area contributed by atoms with Gasteiger partial charge in [-0.3, -0.25) is 9.36 Å². The highest BCUT2D eigenvalue weighted by atomic mass is 19.1. The van der Waals surface area contributed by atoms with Gasteiger partial charge in [-0.15, -0.1) is 0 Å². The van der Waals surface area contributed by atoms with Crippen LogP contribution in [0.5, 0.6) is 0 Å². The Morgan fingerprint density at radius 2 is 1.96 bits per heavy atom. The number of aromatic nitrogens is 4. The number of piperidine rings is 1. The summed E-state index contributed by atoms with van der Waals surface area (Å²) in [5.41, 5.74) is 1.81. The number of likely N-dealkylation sites (tertiary alicyclic amines) is 1. The molecule has 0 unspecified atom stereocenters.